The number of halogens is 1. The molecule has 0 amide bonds. The maximum absolute atomic E-state index is 4.27. The third kappa shape index (κ3) is 3.90. The molecule has 20 heavy (non-hydrogen) atoms. The van der Waals surface area contributed by atoms with Crippen molar-refractivity contribution in [2.75, 3.05) is 6.54 Å². The predicted octanol–water partition coefficient (Wildman–Crippen LogP) is 4.35. The maximum Gasteiger partial charge on any atom is 0.0410 e. The first-order chi connectivity index (χ1) is 9.60. The number of hydrogen-bond donors (Lipinski definition) is 1. The van der Waals surface area contributed by atoms with Gasteiger partial charge in [0, 0.05) is 22.9 Å². The number of aryl methyl sites for hydroxylation is 2. The highest BCUT2D eigenvalue weighted by molar-refractivity contribution is 9.10. The molecule has 0 saturated carbocycles. The molecular formula is C17H21BrN2. The minimum Gasteiger partial charge on any atom is -0.310 e. The Labute approximate surface area is 129 Å². The summed E-state index contributed by atoms with van der Waals surface area (Å²) in [5.41, 5.74) is 5.28. The third-order valence-corrected chi connectivity index (χ3v) is 4.02. The Hall–Kier alpha value is -1.19. The summed E-state index contributed by atoms with van der Waals surface area (Å²) in [4.78, 5) is 4.27. The standard InChI is InChI=1S/C17H21BrN2/c1-4-20-17(15-9-16(18)11-19-10-15)8-14-6-5-12(2)13(3)7-14/h5-7,9-11,17,20H,4,8H2,1-3H3. The third-order valence-electron chi connectivity index (χ3n) is 3.59. The zero-order valence-electron chi connectivity index (χ0n) is 12.3. The van der Waals surface area contributed by atoms with Gasteiger partial charge in [0.2, 0.25) is 0 Å². The van der Waals surface area contributed by atoms with Crippen LogP contribution in [-0.4, -0.2) is 11.5 Å². The number of likely N-dealkylation sites (N-methyl/N-ethyl adjacent to an activating group) is 1. The second-order valence-corrected chi connectivity index (χ2v) is 6.09. The highest BCUT2D eigenvalue weighted by Crippen LogP contribution is 2.22. The van der Waals surface area contributed by atoms with Crippen molar-refractivity contribution in [2.45, 2.75) is 33.2 Å². The zero-order valence-corrected chi connectivity index (χ0v) is 13.9. The summed E-state index contributed by atoms with van der Waals surface area (Å²) in [6.45, 7) is 7.40. The largest absolute Gasteiger partial charge is 0.310 e. The smallest absolute Gasteiger partial charge is 0.0410 e. The number of pyridine rings is 1. The average Bonchev–Trinajstić information content (AvgIpc) is 2.42. The highest BCUT2D eigenvalue weighted by atomic mass is 79.9. The number of rotatable bonds is 5. The van der Waals surface area contributed by atoms with Crippen molar-refractivity contribution in [3.05, 3.63) is 63.4 Å². The summed E-state index contributed by atoms with van der Waals surface area (Å²) >= 11 is 3.50. The van der Waals surface area contributed by atoms with Crippen LogP contribution in [0.2, 0.25) is 0 Å². The molecule has 1 atom stereocenters. The number of benzene rings is 1. The van der Waals surface area contributed by atoms with Gasteiger partial charge in [-0.15, -0.1) is 0 Å². The lowest BCUT2D eigenvalue weighted by molar-refractivity contribution is 0.548. The monoisotopic (exact) mass is 332 g/mol. The Morgan fingerprint density at radius 2 is 1.95 bits per heavy atom. The molecule has 1 heterocycles. The summed E-state index contributed by atoms with van der Waals surface area (Å²) in [5, 5.41) is 3.55. The van der Waals surface area contributed by atoms with Crippen molar-refractivity contribution in [2.24, 2.45) is 0 Å². The lowest BCUT2D eigenvalue weighted by Gasteiger charge is -2.19. The van der Waals surface area contributed by atoms with E-state index in [2.05, 4.69) is 71.3 Å². The molecular weight excluding hydrogens is 312 g/mol. The van der Waals surface area contributed by atoms with Crippen LogP contribution in [0, 0.1) is 13.8 Å². The normalized spacial score (nSPS) is 12.4. The number of nitrogens with one attached hydrogen (secondary N) is 1. The van der Waals surface area contributed by atoms with Gasteiger partial charge in [0.25, 0.3) is 0 Å². The number of nitrogens with zero attached hydrogens (tertiary/aromatic N) is 1. The van der Waals surface area contributed by atoms with E-state index in [4.69, 9.17) is 0 Å². The molecule has 0 saturated heterocycles. The van der Waals surface area contributed by atoms with Gasteiger partial charge in [0.05, 0.1) is 0 Å². The Bertz CT molecular complexity index is 581. The van der Waals surface area contributed by atoms with Crippen LogP contribution in [0.1, 0.15) is 35.2 Å². The van der Waals surface area contributed by atoms with Crippen molar-refractivity contribution in [3.8, 4) is 0 Å². The Morgan fingerprint density at radius 1 is 1.15 bits per heavy atom. The Balaban J connectivity index is 2.22. The Morgan fingerprint density at radius 3 is 2.60 bits per heavy atom. The van der Waals surface area contributed by atoms with E-state index in [0.717, 1.165) is 17.4 Å². The topological polar surface area (TPSA) is 24.9 Å². The SMILES string of the molecule is CCNC(Cc1ccc(C)c(C)c1)c1cncc(Br)c1. The lowest BCUT2D eigenvalue weighted by atomic mass is 9.97. The lowest BCUT2D eigenvalue weighted by Crippen LogP contribution is -2.23. The minimum absolute atomic E-state index is 0.298. The summed E-state index contributed by atoms with van der Waals surface area (Å²) in [5.74, 6) is 0. The van der Waals surface area contributed by atoms with E-state index in [1.54, 1.807) is 0 Å². The van der Waals surface area contributed by atoms with Crippen molar-refractivity contribution >= 4 is 15.9 Å². The molecule has 0 aliphatic heterocycles. The summed E-state index contributed by atoms with van der Waals surface area (Å²) < 4.78 is 1.03. The summed E-state index contributed by atoms with van der Waals surface area (Å²) in [6, 6.07) is 9.14. The van der Waals surface area contributed by atoms with Crippen molar-refractivity contribution in [1.29, 1.82) is 0 Å². The van der Waals surface area contributed by atoms with Crippen LogP contribution in [0.25, 0.3) is 0 Å². The van der Waals surface area contributed by atoms with E-state index in [-0.39, 0.29) is 0 Å². The molecule has 0 bridgehead atoms. The molecule has 106 valence electrons. The van der Waals surface area contributed by atoms with Crippen LogP contribution in [0.4, 0.5) is 0 Å². The quantitative estimate of drug-likeness (QED) is 0.880. The van der Waals surface area contributed by atoms with Gasteiger partial charge in [-0.05, 0) is 71.1 Å². The van der Waals surface area contributed by atoms with E-state index in [1.165, 1.54) is 22.3 Å². The molecule has 0 spiro atoms. The molecule has 2 rings (SSSR count). The number of aromatic nitrogens is 1. The van der Waals surface area contributed by atoms with Gasteiger partial charge < -0.3 is 5.32 Å². The molecule has 1 unspecified atom stereocenters. The molecule has 1 N–H and O–H groups in total. The molecule has 0 fully saturated rings. The van der Waals surface area contributed by atoms with E-state index >= 15 is 0 Å². The molecule has 2 nitrogen and oxygen atoms in total. The minimum atomic E-state index is 0.298. The van der Waals surface area contributed by atoms with Crippen molar-refractivity contribution in [1.82, 2.24) is 10.3 Å². The van der Waals surface area contributed by atoms with Crippen LogP contribution >= 0.6 is 15.9 Å². The van der Waals surface area contributed by atoms with E-state index in [9.17, 15) is 0 Å². The van der Waals surface area contributed by atoms with Gasteiger partial charge >= 0.3 is 0 Å². The van der Waals surface area contributed by atoms with Gasteiger partial charge in [-0.25, -0.2) is 0 Å². The molecule has 0 aliphatic rings. The fourth-order valence-corrected chi connectivity index (χ4v) is 2.72. The van der Waals surface area contributed by atoms with Gasteiger partial charge in [0.1, 0.15) is 0 Å². The molecule has 1 aromatic carbocycles. The van der Waals surface area contributed by atoms with Crippen LogP contribution in [0.5, 0.6) is 0 Å². The van der Waals surface area contributed by atoms with Gasteiger partial charge in [-0.3, -0.25) is 4.98 Å². The fraction of sp³-hybridized carbons (Fsp3) is 0.353. The van der Waals surface area contributed by atoms with Crippen LogP contribution in [0.15, 0.2) is 41.1 Å². The molecule has 2 aromatic rings. The predicted molar refractivity (Wildman–Crippen MR) is 88.0 cm³/mol. The second-order valence-electron chi connectivity index (χ2n) is 5.17. The fourth-order valence-electron chi connectivity index (χ4n) is 2.34. The van der Waals surface area contributed by atoms with Gasteiger partial charge in [-0.1, -0.05) is 25.1 Å². The van der Waals surface area contributed by atoms with Crippen molar-refractivity contribution in [3.63, 3.8) is 0 Å². The first-order valence-corrected chi connectivity index (χ1v) is 7.79. The summed E-state index contributed by atoms with van der Waals surface area (Å²) in [6.07, 6.45) is 4.74. The van der Waals surface area contributed by atoms with Crippen molar-refractivity contribution < 1.29 is 0 Å². The van der Waals surface area contributed by atoms with Gasteiger partial charge in [-0.2, -0.15) is 0 Å². The maximum atomic E-state index is 4.27. The summed E-state index contributed by atoms with van der Waals surface area (Å²) in [7, 11) is 0. The second kappa shape index (κ2) is 7.00. The van der Waals surface area contributed by atoms with Crippen LogP contribution < -0.4 is 5.32 Å². The van der Waals surface area contributed by atoms with Crippen LogP contribution in [0.3, 0.4) is 0 Å². The van der Waals surface area contributed by atoms with E-state index < -0.39 is 0 Å². The highest BCUT2D eigenvalue weighted by Gasteiger charge is 2.12. The van der Waals surface area contributed by atoms with Gasteiger partial charge in [0.15, 0.2) is 0 Å². The average molecular weight is 333 g/mol. The molecule has 0 radical (unpaired) electrons. The zero-order chi connectivity index (χ0) is 14.5. The van der Waals surface area contributed by atoms with E-state index in [0.29, 0.717) is 6.04 Å². The number of hydrogen-bond acceptors (Lipinski definition) is 2. The molecule has 3 heteroatoms. The van der Waals surface area contributed by atoms with E-state index in [1.807, 2.05) is 12.4 Å². The molecule has 0 aliphatic carbocycles. The van der Waals surface area contributed by atoms with Crippen LogP contribution in [-0.2, 0) is 6.42 Å². The first-order valence-electron chi connectivity index (χ1n) is 7.00. The Kier molecular flexibility index (Phi) is 5.32. The molecule has 1 aromatic heterocycles. The first kappa shape index (κ1) is 15.2.